The zero-order valence-corrected chi connectivity index (χ0v) is 13.0. The number of hydrogen-bond acceptors (Lipinski definition) is 3. The summed E-state index contributed by atoms with van der Waals surface area (Å²) in [6, 6.07) is 7.78. The first-order valence-corrected chi connectivity index (χ1v) is 7.86. The average molecular weight is 316 g/mol. The van der Waals surface area contributed by atoms with Gasteiger partial charge < -0.3 is 19.7 Å². The Hall–Kier alpha value is -2.34. The van der Waals surface area contributed by atoms with E-state index < -0.39 is 18.2 Å². The molecule has 2 heterocycles. The van der Waals surface area contributed by atoms with Gasteiger partial charge in [0, 0.05) is 29.3 Å². The largest absolute Gasteiger partial charge is 0.479 e. The molecular formula is C17H20N2O4. The third-order valence-electron chi connectivity index (χ3n) is 4.09. The van der Waals surface area contributed by atoms with E-state index in [2.05, 4.69) is 16.8 Å². The van der Waals surface area contributed by atoms with Crippen molar-refractivity contribution in [3.8, 4) is 0 Å². The lowest BCUT2D eigenvalue weighted by Gasteiger charge is -2.12. The molecule has 0 aliphatic carbocycles. The highest BCUT2D eigenvalue weighted by Crippen LogP contribution is 2.24. The lowest BCUT2D eigenvalue weighted by molar-refractivity contribution is -0.150. The van der Waals surface area contributed by atoms with Crippen molar-refractivity contribution in [2.45, 2.75) is 44.9 Å². The number of carboxylic acids is 1. The van der Waals surface area contributed by atoms with Crippen LogP contribution in [0.5, 0.6) is 0 Å². The van der Waals surface area contributed by atoms with Crippen LogP contribution in [0.15, 0.2) is 30.5 Å². The zero-order valence-electron chi connectivity index (χ0n) is 13.0. The van der Waals surface area contributed by atoms with Gasteiger partial charge in [0.05, 0.1) is 0 Å². The molecule has 1 aliphatic rings. The number of rotatable bonds is 5. The number of hydrogen-bond donors (Lipinski definition) is 2. The van der Waals surface area contributed by atoms with Gasteiger partial charge in [0.1, 0.15) is 6.10 Å². The second kappa shape index (κ2) is 6.42. The van der Waals surface area contributed by atoms with Gasteiger partial charge in [-0.1, -0.05) is 6.92 Å². The summed E-state index contributed by atoms with van der Waals surface area (Å²) in [4.78, 5) is 23.1. The van der Waals surface area contributed by atoms with Crippen LogP contribution in [0.3, 0.4) is 0 Å². The minimum Gasteiger partial charge on any atom is -0.479 e. The number of carbonyl (C=O) groups excluding carboxylic acids is 1. The molecule has 6 nitrogen and oxygen atoms in total. The van der Waals surface area contributed by atoms with Gasteiger partial charge in [0.2, 0.25) is 0 Å². The van der Waals surface area contributed by atoms with E-state index in [1.54, 1.807) is 0 Å². The van der Waals surface area contributed by atoms with E-state index in [-0.39, 0.29) is 5.91 Å². The Morgan fingerprint density at radius 2 is 2.09 bits per heavy atom. The lowest BCUT2D eigenvalue weighted by Crippen LogP contribution is -2.29. The monoisotopic (exact) mass is 316 g/mol. The summed E-state index contributed by atoms with van der Waals surface area (Å²) < 4.78 is 7.44. The topological polar surface area (TPSA) is 80.6 Å². The molecule has 0 bridgehead atoms. The summed E-state index contributed by atoms with van der Waals surface area (Å²) in [5, 5.41) is 12.8. The SMILES string of the molecule is CCCn1ccc2cc(NC(=O)[C@@H]3CC[C@H](C(=O)O)O3)ccc21. The first-order valence-electron chi connectivity index (χ1n) is 7.86. The van der Waals surface area contributed by atoms with Crippen molar-refractivity contribution < 1.29 is 19.4 Å². The first kappa shape index (κ1) is 15.6. The molecule has 0 radical (unpaired) electrons. The van der Waals surface area contributed by atoms with Crippen LogP contribution in [0.1, 0.15) is 26.2 Å². The molecule has 1 aromatic carbocycles. The molecule has 0 saturated carbocycles. The molecule has 0 unspecified atom stereocenters. The number of anilines is 1. The van der Waals surface area contributed by atoms with Gasteiger partial charge in [-0.05, 0) is 43.5 Å². The third kappa shape index (κ3) is 3.22. The Kier molecular flexibility index (Phi) is 4.34. The predicted molar refractivity (Wildman–Crippen MR) is 86.4 cm³/mol. The van der Waals surface area contributed by atoms with E-state index in [0.717, 1.165) is 23.9 Å². The molecule has 3 rings (SSSR count). The fraction of sp³-hybridized carbons (Fsp3) is 0.412. The zero-order chi connectivity index (χ0) is 16.4. The molecule has 1 amide bonds. The van der Waals surface area contributed by atoms with Gasteiger partial charge in [0.25, 0.3) is 5.91 Å². The Bertz CT molecular complexity index is 737. The van der Waals surface area contributed by atoms with E-state index in [4.69, 9.17) is 9.84 Å². The van der Waals surface area contributed by atoms with Crippen molar-refractivity contribution >= 4 is 28.5 Å². The van der Waals surface area contributed by atoms with Crippen LogP contribution in [-0.2, 0) is 20.9 Å². The molecule has 2 N–H and O–H groups in total. The van der Waals surface area contributed by atoms with E-state index in [0.29, 0.717) is 18.5 Å². The van der Waals surface area contributed by atoms with Crippen molar-refractivity contribution in [1.29, 1.82) is 0 Å². The predicted octanol–water partition coefficient (Wildman–Crippen LogP) is 2.62. The van der Waals surface area contributed by atoms with Crippen molar-refractivity contribution in [3.05, 3.63) is 30.5 Å². The van der Waals surface area contributed by atoms with E-state index >= 15 is 0 Å². The lowest BCUT2D eigenvalue weighted by atomic mass is 10.2. The number of ether oxygens (including phenoxy) is 1. The number of nitrogens with one attached hydrogen (secondary N) is 1. The van der Waals surface area contributed by atoms with Gasteiger partial charge in [-0.2, -0.15) is 0 Å². The molecule has 122 valence electrons. The van der Waals surface area contributed by atoms with E-state index in [1.807, 2.05) is 30.5 Å². The summed E-state index contributed by atoms with van der Waals surface area (Å²) in [6.45, 7) is 3.09. The summed E-state index contributed by atoms with van der Waals surface area (Å²) >= 11 is 0. The molecule has 6 heteroatoms. The highest BCUT2D eigenvalue weighted by molar-refractivity contribution is 5.96. The Morgan fingerprint density at radius 1 is 1.30 bits per heavy atom. The van der Waals surface area contributed by atoms with Crippen molar-refractivity contribution in [3.63, 3.8) is 0 Å². The van der Waals surface area contributed by atoms with Gasteiger partial charge >= 0.3 is 5.97 Å². The fourth-order valence-electron chi connectivity index (χ4n) is 2.95. The van der Waals surface area contributed by atoms with Crippen LogP contribution < -0.4 is 5.32 Å². The smallest absolute Gasteiger partial charge is 0.332 e. The maximum Gasteiger partial charge on any atom is 0.332 e. The standard InChI is InChI=1S/C17H20N2O4/c1-2-8-19-9-7-11-10-12(3-4-13(11)19)18-16(20)14-5-6-15(23-14)17(21)22/h3-4,7,9-10,14-15H,2,5-6,8H2,1H3,(H,18,20)(H,21,22)/t14-,15+/m0/s1. The average Bonchev–Trinajstić information content (AvgIpc) is 3.15. The van der Waals surface area contributed by atoms with Crippen LogP contribution in [0, 0.1) is 0 Å². The minimum absolute atomic E-state index is 0.291. The van der Waals surface area contributed by atoms with Gasteiger partial charge in [-0.3, -0.25) is 4.79 Å². The number of carbonyl (C=O) groups is 2. The quantitative estimate of drug-likeness (QED) is 0.888. The van der Waals surface area contributed by atoms with E-state index in [1.165, 1.54) is 0 Å². The van der Waals surface area contributed by atoms with Crippen LogP contribution >= 0.6 is 0 Å². The summed E-state index contributed by atoms with van der Waals surface area (Å²) in [5.41, 5.74) is 1.83. The molecule has 2 atom stereocenters. The molecule has 23 heavy (non-hydrogen) atoms. The van der Waals surface area contributed by atoms with Crippen LogP contribution in [0.2, 0.25) is 0 Å². The molecule has 1 fully saturated rings. The van der Waals surface area contributed by atoms with Crippen molar-refractivity contribution in [1.82, 2.24) is 4.57 Å². The molecule has 1 saturated heterocycles. The summed E-state index contributed by atoms with van der Waals surface area (Å²) in [6.07, 6.45) is 2.32. The minimum atomic E-state index is -1.01. The summed E-state index contributed by atoms with van der Waals surface area (Å²) in [7, 11) is 0. The van der Waals surface area contributed by atoms with E-state index in [9.17, 15) is 9.59 Å². The third-order valence-corrected chi connectivity index (χ3v) is 4.09. The first-order chi connectivity index (χ1) is 11.1. The number of aryl methyl sites for hydroxylation is 1. The number of aromatic nitrogens is 1. The maximum atomic E-state index is 12.2. The number of nitrogens with zero attached hydrogens (tertiary/aromatic N) is 1. The number of fused-ring (bicyclic) bond motifs is 1. The Labute approximate surface area is 134 Å². The van der Waals surface area contributed by atoms with Crippen LogP contribution in [0.25, 0.3) is 10.9 Å². The van der Waals surface area contributed by atoms with Crippen LogP contribution in [0.4, 0.5) is 5.69 Å². The molecular weight excluding hydrogens is 296 g/mol. The normalized spacial score (nSPS) is 20.7. The number of benzene rings is 1. The summed E-state index contributed by atoms with van der Waals surface area (Å²) in [5.74, 6) is -1.31. The molecule has 0 spiro atoms. The van der Waals surface area contributed by atoms with Crippen LogP contribution in [-0.4, -0.2) is 33.8 Å². The number of aliphatic carboxylic acids is 1. The molecule has 1 aliphatic heterocycles. The second-order valence-corrected chi connectivity index (χ2v) is 5.80. The highest BCUT2D eigenvalue weighted by atomic mass is 16.5. The van der Waals surface area contributed by atoms with Gasteiger partial charge in [-0.15, -0.1) is 0 Å². The Morgan fingerprint density at radius 3 is 2.78 bits per heavy atom. The van der Waals surface area contributed by atoms with Gasteiger partial charge in [-0.25, -0.2) is 4.79 Å². The molecule has 1 aromatic heterocycles. The fourth-order valence-corrected chi connectivity index (χ4v) is 2.95. The number of amides is 1. The Balaban J connectivity index is 1.69. The highest BCUT2D eigenvalue weighted by Gasteiger charge is 2.34. The number of carboxylic acid groups (broad SMARTS) is 1. The second-order valence-electron chi connectivity index (χ2n) is 5.80. The molecule has 2 aromatic rings. The maximum absolute atomic E-state index is 12.2. The van der Waals surface area contributed by atoms with Crippen molar-refractivity contribution in [2.75, 3.05) is 5.32 Å². The van der Waals surface area contributed by atoms with Gasteiger partial charge in [0.15, 0.2) is 6.10 Å². The van der Waals surface area contributed by atoms with Crippen molar-refractivity contribution in [2.24, 2.45) is 0 Å².